The van der Waals surface area contributed by atoms with Crippen LogP contribution >= 0.6 is 0 Å². The second kappa shape index (κ2) is 16.0. The number of benzene rings is 1. The van der Waals surface area contributed by atoms with E-state index in [2.05, 4.69) is 26.8 Å². The van der Waals surface area contributed by atoms with Gasteiger partial charge in [0.15, 0.2) is 5.82 Å². The highest BCUT2D eigenvalue weighted by atomic mass is 19.1. The van der Waals surface area contributed by atoms with E-state index >= 15 is 4.39 Å². The van der Waals surface area contributed by atoms with Gasteiger partial charge < -0.3 is 29.5 Å². The number of rotatable bonds is 6. The number of hydrogen-bond donors (Lipinski definition) is 2. The second-order valence-electron chi connectivity index (χ2n) is 13.9. The van der Waals surface area contributed by atoms with Crippen molar-refractivity contribution >= 4 is 16.7 Å². The van der Waals surface area contributed by atoms with E-state index in [1.807, 2.05) is 30.9 Å². The fraction of sp³-hybridized carbons (Fsp3) is 0.667. The highest BCUT2D eigenvalue weighted by molar-refractivity contribution is 5.95. The summed E-state index contributed by atoms with van der Waals surface area (Å²) in [5.74, 6) is 2.48. The number of alkyl halides is 2. The lowest BCUT2D eigenvalue weighted by Crippen LogP contribution is -2.54. The van der Waals surface area contributed by atoms with Crippen LogP contribution < -0.4 is 15.5 Å². The highest BCUT2D eigenvalue weighted by Crippen LogP contribution is 2.38. The summed E-state index contributed by atoms with van der Waals surface area (Å²) in [6.45, 7) is 11.3. The lowest BCUT2D eigenvalue weighted by molar-refractivity contribution is 0.0480. The van der Waals surface area contributed by atoms with Gasteiger partial charge in [-0.3, -0.25) is 0 Å². The smallest absolute Gasteiger partial charge is 0.261 e. The largest absolute Gasteiger partial charge is 0.381 e. The normalized spacial score (nSPS) is 25.8. The highest BCUT2D eigenvalue weighted by Gasteiger charge is 2.34. The molecule has 0 radical (unpaired) electrons. The lowest BCUT2D eigenvalue weighted by Gasteiger charge is -2.39. The fourth-order valence-electron chi connectivity index (χ4n) is 7.62. The Hall–Kier alpha value is -3.24. The number of nitrogens with one attached hydrogen (secondary N) is 2. The zero-order chi connectivity index (χ0) is 33.6. The van der Waals surface area contributed by atoms with Crippen molar-refractivity contribution < 1.29 is 22.8 Å². The van der Waals surface area contributed by atoms with Gasteiger partial charge in [0.2, 0.25) is 0 Å². The third-order valence-corrected chi connectivity index (χ3v) is 10.4. The van der Waals surface area contributed by atoms with Crippen molar-refractivity contribution in [3.63, 3.8) is 0 Å². The van der Waals surface area contributed by atoms with Crippen molar-refractivity contribution in [2.75, 3.05) is 57.5 Å². The number of fused-ring (bicyclic) bond motifs is 1. The number of nitriles is 1. The molecule has 4 aliphatic rings. The van der Waals surface area contributed by atoms with Crippen LogP contribution in [0.15, 0.2) is 16.7 Å². The average Bonchev–Trinajstić information content (AvgIpc) is 3.53. The maximum atomic E-state index is 15.4. The summed E-state index contributed by atoms with van der Waals surface area (Å²) in [5.41, 5.74) is 3.67. The van der Waals surface area contributed by atoms with Gasteiger partial charge in [0, 0.05) is 57.0 Å². The molecule has 7 rings (SSSR count). The Morgan fingerprint density at radius 1 is 0.979 bits per heavy atom. The minimum Gasteiger partial charge on any atom is -0.381 e. The van der Waals surface area contributed by atoms with Crippen molar-refractivity contribution in [1.82, 2.24) is 25.8 Å². The number of hydrogen-bond acceptors (Lipinski definition) is 10. The van der Waals surface area contributed by atoms with Crippen LogP contribution in [0.25, 0.3) is 22.4 Å². The predicted molar refractivity (Wildman–Crippen MR) is 180 cm³/mol. The maximum Gasteiger partial charge on any atom is 0.261 e. The van der Waals surface area contributed by atoms with E-state index in [4.69, 9.17) is 19.0 Å². The second-order valence-corrected chi connectivity index (χ2v) is 13.9. The Bertz CT molecular complexity index is 1570. The van der Waals surface area contributed by atoms with Crippen LogP contribution in [-0.2, 0) is 9.47 Å². The summed E-state index contributed by atoms with van der Waals surface area (Å²) >= 11 is 0. The molecule has 2 aromatic heterocycles. The minimum atomic E-state index is -1.06. The van der Waals surface area contributed by atoms with Crippen LogP contribution in [0.3, 0.4) is 0 Å². The molecule has 10 nitrogen and oxygen atoms in total. The Kier molecular flexibility index (Phi) is 11.5. The van der Waals surface area contributed by atoms with Crippen LogP contribution in [-0.4, -0.2) is 92.2 Å². The first kappa shape index (κ1) is 34.6. The topological polar surface area (TPSA) is 121 Å². The summed E-state index contributed by atoms with van der Waals surface area (Å²) in [5, 5.41) is 21.2. The van der Waals surface area contributed by atoms with E-state index in [0.29, 0.717) is 71.6 Å². The van der Waals surface area contributed by atoms with Crippen molar-refractivity contribution in [3.05, 3.63) is 34.6 Å². The molecule has 0 aliphatic carbocycles. The number of anilines is 1. The van der Waals surface area contributed by atoms with Gasteiger partial charge in [0.1, 0.15) is 24.2 Å². The summed E-state index contributed by atoms with van der Waals surface area (Å²) in [6, 6.07) is 6.20. The van der Waals surface area contributed by atoms with Crippen LogP contribution in [0.1, 0.15) is 67.5 Å². The lowest BCUT2D eigenvalue weighted by atomic mass is 9.83. The molecular weight excluding hydrogens is 616 g/mol. The van der Waals surface area contributed by atoms with Gasteiger partial charge in [-0.15, -0.1) is 0 Å². The van der Waals surface area contributed by atoms with Crippen LogP contribution in [0.4, 0.5) is 14.6 Å². The van der Waals surface area contributed by atoms with Crippen molar-refractivity contribution in [2.45, 2.75) is 90.1 Å². The number of nitrogens with zero attached hydrogens (tertiary/aromatic N) is 5. The number of pyridine rings is 1. The van der Waals surface area contributed by atoms with Gasteiger partial charge in [-0.25, -0.2) is 13.8 Å². The third-order valence-electron chi connectivity index (χ3n) is 10.4. The number of ether oxygens (including phenoxy) is 2. The van der Waals surface area contributed by atoms with Crippen LogP contribution in [0, 0.1) is 43.9 Å². The molecule has 12 heteroatoms. The Morgan fingerprint density at radius 3 is 2.40 bits per heavy atom. The zero-order valence-electron chi connectivity index (χ0n) is 28.4. The van der Waals surface area contributed by atoms with Gasteiger partial charge in [-0.2, -0.15) is 10.2 Å². The van der Waals surface area contributed by atoms with E-state index in [9.17, 15) is 9.65 Å². The number of piperidine rings is 2. The molecule has 3 aromatic rings. The molecule has 260 valence electrons. The van der Waals surface area contributed by atoms with Crippen LogP contribution in [0.2, 0.25) is 0 Å². The average molecular weight is 666 g/mol. The molecule has 0 spiro atoms. The number of aryl methyl sites for hydroxylation is 3. The van der Waals surface area contributed by atoms with Crippen LogP contribution in [0.5, 0.6) is 0 Å². The zero-order valence-corrected chi connectivity index (χ0v) is 28.4. The molecule has 0 unspecified atom stereocenters. The number of aromatic nitrogens is 3. The van der Waals surface area contributed by atoms with Crippen molar-refractivity contribution in [3.8, 4) is 17.5 Å². The molecular formula is C36H49F2N7O3. The first-order valence-electron chi connectivity index (χ1n) is 17.6. The molecule has 4 fully saturated rings. The van der Waals surface area contributed by atoms with Gasteiger partial charge in [-0.05, 0) is 107 Å². The predicted octanol–water partition coefficient (Wildman–Crippen LogP) is 5.52. The maximum absolute atomic E-state index is 15.4. The third kappa shape index (κ3) is 8.13. The molecule has 2 N–H and O–H groups in total. The molecule has 4 atom stereocenters. The summed E-state index contributed by atoms with van der Waals surface area (Å²) in [4.78, 5) is 11.3. The Morgan fingerprint density at radius 2 is 1.73 bits per heavy atom. The van der Waals surface area contributed by atoms with E-state index in [-0.39, 0.29) is 12.6 Å². The monoisotopic (exact) mass is 665 g/mol. The Labute approximate surface area is 281 Å². The first-order chi connectivity index (χ1) is 23.3. The standard InChI is InChI=1S/C25H29FN6O2.C11H20FNO/c1-14-10-17(12-27)23-19(11-14)15(2)22(25-28-16(3)31-34-25)24(30-23)32-7-4-21(20(26)13-32)29-18-5-8-33-9-6-18;12-11-8-13-4-1-10(11)7-9-2-5-14-6-3-9/h10-11,18,20-21,29H,4-9,13H2,1-3H3;9-11,13H,1-8H2/t20-,21+;10-,11-/m00/s1. The van der Waals surface area contributed by atoms with E-state index < -0.39 is 12.3 Å². The minimum absolute atomic E-state index is 0.201. The number of halogens is 2. The molecule has 0 amide bonds. The van der Waals surface area contributed by atoms with Crippen molar-refractivity contribution in [2.24, 2.45) is 11.8 Å². The van der Waals surface area contributed by atoms with E-state index in [1.54, 1.807) is 6.92 Å². The molecule has 6 heterocycles. The molecule has 0 saturated carbocycles. The SMILES string of the molecule is Cc1cc(C#N)c2nc(N3CC[C@@H](NC4CCOCC4)[C@@H](F)C3)c(-c3nc(C)no3)c(C)c2c1.F[C@H]1CNCC[C@H]1CC1CCOCC1. The van der Waals surface area contributed by atoms with Gasteiger partial charge in [0.25, 0.3) is 5.89 Å². The summed E-state index contributed by atoms with van der Waals surface area (Å²) in [7, 11) is 0. The quantitative estimate of drug-likeness (QED) is 0.348. The van der Waals surface area contributed by atoms with Crippen molar-refractivity contribution in [1.29, 1.82) is 5.26 Å². The van der Waals surface area contributed by atoms with E-state index in [1.165, 1.54) is 0 Å². The summed E-state index contributed by atoms with van der Waals surface area (Å²) in [6.07, 6.45) is 5.16. The molecule has 4 saturated heterocycles. The first-order valence-corrected chi connectivity index (χ1v) is 17.6. The summed E-state index contributed by atoms with van der Waals surface area (Å²) < 4.78 is 45.2. The van der Waals surface area contributed by atoms with Gasteiger partial charge >= 0.3 is 0 Å². The molecule has 4 aliphatic heterocycles. The Balaban J connectivity index is 0.000000239. The van der Waals surface area contributed by atoms with Gasteiger partial charge in [0.05, 0.1) is 23.2 Å². The van der Waals surface area contributed by atoms with Gasteiger partial charge in [-0.1, -0.05) is 5.16 Å². The molecule has 0 bridgehead atoms. The fourth-order valence-corrected chi connectivity index (χ4v) is 7.62. The van der Waals surface area contributed by atoms with E-state index in [0.717, 1.165) is 88.0 Å². The molecule has 1 aromatic carbocycles. The molecule has 48 heavy (non-hydrogen) atoms.